The maximum atomic E-state index is 13.4. The van der Waals surface area contributed by atoms with Crippen LogP contribution in [0.1, 0.15) is 21.5 Å². The number of halogens is 1. The lowest BCUT2D eigenvalue weighted by atomic mass is 10.1. The van der Waals surface area contributed by atoms with Gasteiger partial charge in [-0.15, -0.1) is 0 Å². The molecule has 0 saturated carbocycles. The van der Waals surface area contributed by atoms with Gasteiger partial charge in [-0.25, -0.2) is 12.8 Å². The molecule has 29 heavy (non-hydrogen) atoms. The van der Waals surface area contributed by atoms with E-state index in [4.69, 9.17) is 0 Å². The van der Waals surface area contributed by atoms with Crippen molar-refractivity contribution < 1.29 is 17.6 Å². The molecule has 5 nitrogen and oxygen atoms in total. The smallest absolute Gasteiger partial charge is 0.261 e. The average molecular weight is 412 g/mol. The number of hydrogen-bond donors (Lipinski definition) is 1. The minimum absolute atomic E-state index is 0.138. The molecule has 0 heterocycles. The van der Waals surface area contributed by atoms with Crippen molar-refractivity contribution in [2.75, 3.05) is 11.8 Å². The fourth-order valence-corrected chi connectivity index (χ4v) is 4.01. The summed E-state index contributed by atoms with van der Waals surface area (Å²) in [4.78, 5) is 14.4. The monoisotopic (exact) mass is 412 g/mol. The third kappa shape index (κ3) is 5.00. The van der Waals surface area contributed by atoms with Crippen molar-refractivity contribution in [1.29, 1.82) is 0 Å². The molecule has 0 aliphatic rings. The Kier molecular flexibility index (Phi) is 5.98. The first kappa shape index (κ1) is 20.5. The van der Waals surface area contributed by atoms with Crippen molar-refractivity contribution in [3.05, 3.63) is 95.3 Å². The minimum atomic E-state index is -3.77. The second-order valence-electron chi connectivity index (χ2n) is 6.74. The topological polar surface area (TPSA) is 66.5 Å². The van der Waals surface area contributed by atoms with Gasteiger partial charge in [0.2, 0.25) is 0 Å². The SMILES string of the molecule is Cc1ccc(C(=O)N(C)Cc2cccc(F)c2)cc1NS(=O)(=O)c1ccccc1. The van der Waals surface area contributed by atoms with Gasteiger partial charge < -0.3 is 4.90 Å². The van der Waals surface area contributed by atoms with E-state index in [2.05, 4.69) is 4.72 Å². The fourth-order valence-electron chi connectivity index (χ4n) is 2.87. The number of carbonyl (C=O) groups excluding carboxylic acids is 1. The Morgan fingerprint density at radius 1 is 1.00 bits per heavy atom. The van der Waals surface area contributed by atoms with Crippen molar-refractivity contribution in [3.8, 4) is 0 Å². The van der Waals surface area contributed by atoms with Crippen LogP contribution in [0.25, 0.3) is 0 Å². The van der Waals surface area contributed by atoms with Crippen LogP contribution in [0.3, 0.4) is 0 Å². The van der Waals surface area contributed by atoms with Gasteiger partial charge in [-0.05, 0) is 54.4 Å². The third-order valence-electron chi connectivity index (χ3n) is 4.44. The van der Waals surface area contributed by atoms with E-state index in [9.17, 15) is 17.6 Å². The summed E-state index contributed by atoms with van der Waals surface area (Å²) in [7, 11) is -2.16. The molecule has 3 aromatic rings. The van der Waals surface area contributed by atoms with E-state index < -0.39 is 10.0 Å². The number of hydrogen-bond acceptors (Lipinski definition) is 3. The Morgan fingerprint density at radius 3 is 2.41 bits per heavy atom. The standard InChI is InChI=1S/C22H21FN2O3S/c1-16-11-12-18(22(26)25(2)15-17-7-6-8-19(23)13-17)14-21(16)24-29(27,28)20-9-4-3-5-10-20/h3-14,24H,15H2,1-2H3. The van der Waals surface area contributed by atoms with Crippen LogP contribution in [-0.4, -0.2) is 26.3 Å². The van der Waals surface area contributed by atoms with Crippen LogP contribution in [0.5, 0.6) is 0 Å². The van der Waals surface area contributed by atoms with E-state index in [0.717, 1.165) is 0 Å². The summed E-state index contributed by atoms with van der Waals surface area (Å²) < 4.78 is 41.1. The predicted molar refractivity (Wildman–Crippen MR) is 111 cm³/mol. The molecule has 0 fully saturated rings. The number of rotatable bonds is 6. The van der Waals surface area contributed by atoms with Gasteiger partial charge in [0, 0.05) is 19.2 Å². The summed E-state index contributed by atoms with van der Waals surface area (Å²) in [5.74, 6) is -0.661. The zero-order valence-electron chi connectivity index (χ0n) is 16.1. The van der Waals surface area contributed by atoms with Gasteiger partial charge in [-0.2, -0.15) is 0 Å². The lowest BCUT2D eigenvalue weighted by molar-refractivity contribution is 0.0785. The molecular weight excluding hydrogens is 391 g/mol. The van der Waals surface area contributed by atoms with Gasteiger partial charge in [-0.3, -0.25) is 9.52 Å². The van der Waals surface area contributed by atoms with Crippen molar-refractivity contribution in [2.24, 2.45) is 0 Å². The van der Waals surface area contributed by atoms with Crippen molar-refractivity contribution >= 4 is 21.6 Å². The zero-order chi connectivity index (χ0) is 21.0. The highest BCUT2D eigenvalue weighted by Gasteiger charge is 2.18. The number of sulfonamides is 1. The van der Waals surface area contributed by atoms with Gasteiger partial charge in [0.25, 0.3) is 15.9 Å². The molecule has 0 radical (unpaired) electrons. The lowest BCUT2D eigenvalue weighted by Crippen LogP contribution is -2.26. The summed E-state index contributed by atoms with van der Waals surface area (Å²) in [6.45, 7) is 1.99. The van der Waals surface area contributed by atoms with Crippen LogP contribution in [0.4, 0.5) is 10.1 Å². The van der Waals surface area contributed by atoms with Crippen LogP contribution in [-0.2, 0) is 16.6 Å². The number of aryl methyl sites for hydroxylation is 1. The van der Waals surface area contributed by atoms with Gasteiger partial charge in [0.1, 0.15) is 5.82 Å². The molecule has 150 valence electrons. The molecule has 3 rings (SSSR count). The van der Waals surface area contributed by atoms with Crippen molar-refractivity contribution in [1.82, 2.24) is 4.90 Å². The van der Waals surface area contributed by atoms with Crippen LogP contribution in [0, 0.1) is 12.7 Å². The van der Waals surface area contributed by atoms with Gasteiger partial charge in [0.15, 0.2) is 0 Å². The summed E-state index contributed by atoms with van der Waals surface area (Å²) in [6.07, 6.45) is 0. The number of carbonyl (C=O) groups is 1. The van der Waals surface area contributed by atoms with E-state index in [-0.39, 0.29) is 23.2 Å². The van der Waals surface area contributed by atoms with Crippen LogP contribution < -0.4 is 4.72 Å². The van der Waals surface area contributed by atoms with E-state index in [1.165, 1.54) is 35.2 Å². The number of anilines is 1. The molecule has 0 atom stereocenters. The lowest BCUT2D eigenvalue weighted by Gasteiger charge is -2.19. The molecule has 0 aromatic heterocycles. The molecule has 1 N–H and O–H groups in total. The maximum Gasteiger partial charge on any atom is 0.261 e. The minimum Gasteiger partial charge on any atom is -0.337 e. The summed E-state index contributed by atoms with van der Waals surface area (Å²) in [5.41, 5.74) is 2.02. The Morgan fingerprint density at radius 2 is 1.72 bits per heavy atom. The van der Waals surface area contributed by atoms with E-state index in [0.29, 0.717) is 22.4 Å². The van der Waals surface area contributed by atoms with Crippen LogP contribution in [0.15, 0.2) is 77.7 Å². The van der Waals surface area contributed by atoms with Gasteiger partial charge >= 0.3 is 0 Å². The fraction of sp³-hybridized carbons (Fsp3) is 0.136. The maximum absolute atomic E-state index is 13.4. The first-order valence-corrected chi connectivity index (χ1v) is 10.4. The average Bonchev–Trinajstić information content (AvgIpc) is 2.69. The molecule has 0 spiro atoms. The number of nitrogens with zero attached hydrogens (tertiary/aromatic N) is 1. The molecule has 0 aliphatic heterocycles. The second kappa shape index (κ2) is 8.45. The van der Waals surface area contributed by atoms with E-state index >= 15 is 0 Å². The van der Waals surface area contributed by atoms with Crippen LogP contribution in [0.2, 0.25) is 0 Å². The molecule has 1 amide bonds. The second-order valence-corrected chi connectivity index (χ2v) is 8.42. The summed E-state index contributed by atoms with van der Waals surface area (Å²) >= 11 is 0. The number of benzene rings is 3. The highest BCUT2D eigenvalue weighted by atomic mass is 32.2. The number of amides is 1. The van der Waals surface area contributed by atoms with Crippen LogP contribution >= 0.6 is 0 Å². The Bertz CT molecular complexity index is 1130. The summed E-state index contributed by atoms with van der Waals surface area (Å²) in [6, 6.07) is 18.9. The first-order chi connectivity index (χ1) is 13.8. The highest BCUT2D eigenvalue weighted by molar-refractivity contribution is 7.92. The Labute approximate surface area is 169 Å². The Hall–Kier alpha value is -3.19. The molecule has 3 aromatic carbocycles. The molecule has 0 aliphatic carbocycles. The van der Waals surface area contributed by atoms with E-state index in [1.807, 2.05) is 0 Å². The highest BCUT2D eigenvalue weighted by Crippen LogP contribution is 2.22. The molecule has 0 unspecified atom stereocenters. The number of nitrogens with one attached hydrogen (secondary N) is 1. The largest absolute Gasteiger partial charge is 0.337 e. The molecule has 0 bridgehead atoms. The van der Waals surface area contributed by atoms with Gasteiger partial charge in [-0.1, -0.05) is 36.4 Å². The first-order valence-electron chi connectivity index (χ1n) is 8.95. The van der Waals surface area contributed by atoms with Crippen molar-refractivity contribution in [2.45, 2.75) is 18.4 Å². The molecule has 7 heteroatoms. The molecular formula is C22H21FN2O3S. The van der Waals surface area contributed by atoms with E-state index in [1.54, 1.807) is 56.4 Å². The Balaban J connectivity index is 1.82. The quantitative estimate of drug-likeness (QED) is 0.660. The predicted octanol–water partition coefficient (Wildman–Crippen LogP) is 4.21. The normalized spacial score (nSPS) is 11.1. The molecule has 0 saturated heterocycles. The zero-order valence-corrected chi connectivity index (χ0v) is 16.9. The van der Waals surface area contributed by atoms with Crippen molar-refractivity contribution in [3.63, 3.8) is 0 Å². The summed E-state index contributed by atoms with van der Waals surface area (Å²) in [5, 5.41) is 0. The third-order valence-corrected chi connectivity index (χ3v) is 5.82. The van der Waals surface area contributed by atoms with Gasteiger partial charge in [0.05, 0.1) is 10.6 Å².